The SMILES string of the molecule is C=C/C(=C\CC)C(=O)N(C/C=C/c1ccc(OS(C)=O)cc1)c1ccc(CC(OC)C(=O)OC)cc1. The van der Waals surface area contributed by atoms with Crippen LogP contribution < -0.4 is 9.08 Å². The molecule has 7 nitrogen and oxygen atoms in total. The topological polar surface area (TPSA) is 82.1 Å². The summed E-state index contributed by atoms with van der Waals surface area (Å²) in [6.07, 6.45) is 9.03. The molecule has 2 aromatic carbocycles. The zero-order chi connectivity index (χ0) is 26.5. The second kappa shape index (κ2) is 14.8. The molecule has 0 N–H and O–H groups in total. The van der Waals surface area contributed by atoms with Crippen LogP contribution in [0.1, 0.15) is 24.5 Å². The van der Waals surface area contributed by atoms with Crippen LogP contribution in [-0.4, -0.2) is 49.2 Å². The fraction of sp³-hybridized carbons (Fsp3) is 0.286. The summed E-state index contributed by atoms with van der Waals surface area (Å²) in [5.41, 5.74) is 3.02. The Hall–Kier alpha value is -3.49. The van der Waals surface area contributed by atoms with E-state index in [0.717, 1.165) is 11.1 Å². The number of hydrogen-bond donors (Lipinski definition) is 0. The maximum atomic E-state index is 13.3. The number of ether oxygens (including phenoxy) is 2. The number of nitrogens with zero attached hydrogens (tertiary/aromatic N) is 1. The van der Waals surface area contributed by atoms with Crippen molar-refractivity contribution in [1.82, 2.24) is 0 Å². The Morgan fingerprint density at radius 1 is 1.08 bits per heavy atom. The predicted octanol–water partition coefficient (Wildman–Crippen LogP) is 4.66. The molecule has 0 aliphatic heterocycles. The van der Waals surface area contributed by atoms with E-state index in [-0.39, 0.29) is 5.91 Å². The van der Waals surface area contributed by atoms with Crippen molar-refractivity contribution in [3.05, 3.63) is 90.0 Å². The van der Waals surface area contributed by atoms with Gasteiger partial charge in [0, 0.05) is 37.6 Å². The van der Waals surface area contributed by atoms with E-state index < -0.39 is 23.2 Å². The van der Waals surface area contributed by atoms with Crippen molar-refractivity contribution in [2.75, 3.05) is 31.9 Å². The molecule has 0 aliphatic rings. The zero-order valence-electron chi connectivity index (χ0n) is 21.1. The Labute approximate surface area is 215 Å². The highest BCUT2D eigenvalue weighted by Gasteiger charge is 2.20. The summed E-state index contributed by atoms with van der Waals surface area (Å²) in [6, 6.07) is 14.6. The second-order valence-electron chi connectivity index (χ2n) is 7.76. The van der Waals surface area contributed by atoms with Crippen LogP contribution in [0, 0.1) is 0 Å². The van der Waals surface area contributed by atoms with Gasteiger partial charge < -0.3 is 18.6 Å². The molecule has 36 heavy (non-hydrogen) atoms. The first-order chi connectivity index (χ1) is 17.3. The highest BCUT2D eigenvalue weighted by Crippen LogP contribution is 2.21. The summed E-state index contributed by atoms with van der Waals surface area (Å²) in [4.78, 5) is 26.8. The van der Waals surface area contributed by atoms with Crippen LogP contribution in [0.5, 0.6) is 5.75 Å². The molecular weight excluding hydrogens is 478 g/mol. The number of allylic oxidation sites excluding steroid dienone is 1. The number of amides is 1. The lowest BCUT2D eigenvalue weighted by Crippen LogP contribution is -2.32. The number of esters is 1. The van der Waals surface area contributed by atoms with Gasteiger partial charge in [-0.3, -0.25) is 4.79 Å². The number of hydrogen-bond acceptors (Lipinski definition) is 6. The van der Waals surface area contributed by atoms with Crippen LogP contribution in [0.3, 0.4) is 0 Å². The summed E-state index contributed by atoms with van der Waals surface area (Å²) in [6.45, 7) is 6.08. The minimum atomic E-state index is -1.38. The Balaban J connectivity index is 2.25. The van der Waals surface area contributed by atoms with Gasteiger partial charge in [0.25, 0.3) is 5.91 Å². The molecule has 0 heterocycles. The number of benzene rings is 2. The minimum absolute atomic E-state index is 0.164. The molecule has 2 atom stereocenters. The maximum Gasteiger partial charge on any atom is 0.335 e. The Morgan fingerprint density at radius 3 is 2.28 bits per heavy atom. The molecule has 0 bridgehead atoms. The highest BCUT2D eigenvalue weighted by molar-refractivity contribution is 7.79. The third-order valence-corrected chi connectivity index (χ3v) is 5.67. The monoisotopic (exact) mass is 511 g/mol. The Kier molecular flexibility index (Phi) is 11.8. The fourth-order valence-electron chi connectivity index (χ4n) is 3.42. The molecule has 0 saturated heterocycles. The van der Waals surface area contributed by atoms with Gasteiger partial charge in [-0.1, -0.05) is 62.1 Å². The summed E-state index contributed by atoms with van der Waals surface area (Å²) < 4.78 is 26.4. The summed E-state index contributed by atoms with van der Waals surface area (Å²) in [5.74, 6) is -0.0812. The normalized spacial score (nSPS) is 13.2. The van der Waals surface area contributed by atoms with Crippen LogP contribution in [0.15, 0.2) is 78.9 Å². The summed E-state index contributed by atoms with van der Waals surface area (Å²) in [5, 5.41) is 0. The van der Waals surface area contributed by atoms with Gasteiger partial charge in [-0.2, -0.15) is 0 Å². The third kappa shape index (κ3) is 8.62. The first kappa shape index (κ1) is 28.7. The van der Waals surface area contributed by atoms with E-state index in [4.69, 9.17) is 13.7 Å². The van der Waals surface area contributed by atoms with E-state index in [2.05, 4.69) is 6.58 Å². The number of methoxy groups -OCH3 is 2. The molecular formula is C28H33NO6S. The Morgan fingerprint density at radius 2 is 1.75 bits per heavy atom. The third-order valence-electron chi connectivity index (χ3n) is 5.25. The first-order valence-corrected chi connectivity index (χ1v) is 12.9. The predicted molar refractivity (Wildman–Crippen MR) is 144 cm³/mol. The standard InChI is InChI=1S/C28H33NO6S/c1-6-9-23(7-2)27(30)29(19-8-10-21-13-17-25(18-14-21)35-36(5)32)24-15-11-22(12-16-24)20-26(33-3)28(31)34-4/h7-18,26H,2,6,19-20H2,1,3-5H3/b10-8+,23-9+. The van der Waals surface area contributed by atoms with Crippen molar-refractivity contribution in [1.29, 1.82) is 0 Å². The van der Waals surface area contributed by atoms with Crippen molar-refractivity contribution in [2.45, 2.75) is 25.9 Å². The quantitative estimate of drug-likeness (QED) is 0.221. The van der Waals surface area contributed by atoms with E-state index in [9.17, 15) is 13.8 Å². The molecule has 0 spiro atoms. The molecule has 0 radical (unpaired) electrons. The van der Waals surface area contributed by atoms with E-state index in [0.29, 0.717) is 36.4 Å². The molecule has 0 saturated carbocycles. The van der Waals surface area contributed by atoms with Crippen LogP contribution in [0.25, 0.3) is 6.08 Å². The highest BCUT2D eigenvalue weighted by atomic mass is 32.2. The van der Waals surface area contributed by atoms with Crippen molar-refractivity contribution >= 4 is 34.7 Å². The van der Waals surface area contributed by atoms with Crippen molar-refractivity contribution in [2.24, 2.45) is 0 Å². The van der Waals surface area contributed by atoms with Gasteiger partial charge in [-0.05, 0) is 41.8 Å². The molecule has 2 unspecified atom stereocenters. The van der Waals surface area contributed by atoms with Gasteiger partial charge in [-0.15, -0.1) is 0 Å². The zero-order valence-corrected chi connectivity index (χ0v) is 22.0. The van der Waals surface area contributed by atoms with E-state index >= 15 is 0 Å². The van der Waals surface area contributed by atoms with Crippen LogP contribution in [-0.2, 0) is 36.6 Å². The van der Waals surface area contributed by atoms with Gasteiger partial charge in [0.15, 0.2) is 6.10 Å². The molecule has 0 aliphatic carbocycles. The van der Waals surface area contributed by atoms with Crippen molar-refractivity contribution in [3.63, 3.8) is 0 Å². The molecule has 2 rings (SSSR count). The van der Waals surface area contributed by atoms with Gasteiger partial charge in [-0.25, -0.2) is 9.00 Å². The average molecular weight is 512 g/mol. The van der Waals surface area contributed by atoms with Gasteiger partial charge in [0.05, 0.1) is 7.11 Å². The van der Waals surface area contributed by atoms with Crippen molar-refractivity contribution < 1.29 is 27.5 Å². The summed E-state index contributed by atoms with van der Waals surface area (Å²) in [7, 11) is 2.79. The smallest absolute Gasteiger partial charge is 0.335 e. The van der Waals surface area contributed by atoms with Gasteiger partial charge >= 0.3 is 5.97 Å². The second-order valence-corrected chi connectivity index (χ2v) is 8.73. The maximum absolute atomic E-state index is 13.3. The molecule has 0 fully saturated rings. The summed E-state index contributed by atoms with van der Waals surface area (Å²) >= 11 is -1.38. The lowest BCUT2D eigenvalue weighted by Gasteiger charge is -2.23. The molecule has 8 heteroatoms. The lowest BCUT2D eigenvalue weighted by atomic mass is 10.1. The fourth-order valence-corrected chi connectivity index (χ4v) is 3.81. The van der Waals surface area contributed by atoms with Gasteiger partial charge in [0.2, 0.25) is 11.1 Å². The van der Waals surface area contributed by atoms with Crippen LogP contribution in [0.2, 0.25) is 0 Å². The van der Waals surface area contributed by atoms with Crippen LogP contribution in [0.4, 0.5) is 5.69 Å². The largest absolute Gasteiger partial charge is 0.467 e. The number of rotatable bonds is 13. The van der Waals surface area contributed by atoms with E-state index in [1.165, 1.54) is 20.5 Å². The molecule has 192 valence electrons. The lowest BCUT2D eigenvalue weighted by molar-refractivity contribution is -0.152. The van der Waals surface area contributed by atoms with Crippen molar-refractivity contribution in [3.8, 4) is 5.75 Å². The number of carbonyl (C=O) groups is 2. The molecule has 2 aromatic rings. The van der Waals surface area contributed by atoms with E-state index in [1.807, 2.05) is 61.5 Å². The minimum Gasteiger partial charge on any atom is -0.467 e. The van der Waals surface area contributed by atoms with Crippen LogP contribution >= 0.6 is 0 Å². The van der Waals surface area contributed by atoms with E-state index in [1.54, 1.807) is 23.1 Å². The average Bonchev–Trinajstić information content (AvgIpc) is 2.88. The first-order valence-electron chi connectivity index (χ1n) is 11.4. The Bertz CT molecular complexity index is 1110. The molecule has 1 amide bonds. The molecule has 0 aromatic heterocycles. The number of anilines is 1. The number of carbonyl (C=O) groups excluding carboxylic acids is 2. The van der Waals surface area contributed by atoms with Gasteiger partial charge in [0.1, 0.15) is 5.75 Å².